The van der Waals surface area contributed by atoms with Crippen LogP contribution >= 0.6 is 0 Å². The highest BCUT2D eigenvalue weighted by atomic mass is 15.1. The Bertz CT molecular complexity index is 130. The van der Waals surface area contributed by atoms with Gasteiger partial charge in [0, 0.05) is 19.1 Å². The van der Waals surface area contributed by atoms with Crippen molar-refractivity contribution >= 4 is 0 Å². The third-order valence-electron chi connectivity index (χ3n) is 3.19. The van der Waals surface area contributed by atoms with Gasteiger partial charge < -0.3 is 10.6 Å². The molecule has 66 valence electrons. The van der Waals surface area contributed by atoms with Crippen LogP contribution in [-0.4, -0.2) is 31.1 Å². The first-order chi connectivity index (χ1) is 5.10. The molecule has 1 saturated carbocycles. The molecule has 1 rings (SSSR count). The van der Waals surface area contributed by atoms with Gasteiger partial charge in [0.25, 0.3) is 0 Å². The first kappa shape index (κ1) is 9.01. The second-order valence-corrected chi connectivity index (χ2v) is 4.10. The van der Waals surface area contributed by atoms with Crippen molar-refractivity contribution in [2.24, 2.45) is 11.1 Å². The topological polar surface area (TPSA) is 29.3 Å². The Morgan fingerprint density at radius 2 is 2.09 bits per heavy atom. The number of rotatable bonds is 4. The molecule has 1 aliphatic carbocycles. The summed E-state index contributed by atoms with van der Waals surface area (Å²) < 4.78 is 0. The predicted octanol–water partition coefficient (Wildman–Crippen LogP) is 1.07. The Hall–Kier alpha value is -0.0800. The van der Waals surface area contributed by atoms with E-state index in [-0.39, 0.29) is 0 Å². The largest absolute Gasteiger partial charge is 0.329 e. The van der Waals surface area contributed by atoms with Crippen molar-refractivity contribution in [1.82, 2.24) is 4.90 Å². The average Bonchev–Trinajstić information content (AvgIpc) is 2.68. The van der Waals surface area contributed by atoms with E-state index in [1.807, 2.05) is 0 Å². The summed E-state index contributed by atoms with van der Waals surface area (Å²) in [5.74, 6) is 0. The number of likely N-dealkylation sites (N-methyl/N-ethyl adjacent to an activating group) is 1. The van der Waals surface area contributed by atoms with Gasteiger partial charge in [0.1, 0.15) is 0 Å². The Balaban J connectivity index is 2.34. The summed E-state index contributed by atoms with van der Waals surface area (Å²) in [5.41, 5.74) is 6.09. The first-order valence-electron chi connectivity index (χ1n) is 4.50. The molecule has 0 aromatic rings. The normalized spacial score (nSPS) is 23.7. The van der Waals surface area contributed by atoms with E-state index in [2.05, 4.69) is 25.8 Å². The molecule has 0 heterocycles. The van der Waals surface area contributed by atoms with Crippen LogP contribution in [0.2, 0.25) is 0 Å². The zero-order valence-electron chi connectivity index (χ0n) is 7.93. The molecule has 0 aromatic heterocycles. The molecule has 1 aliphatic rings. The molecule has 1 atom stereocenters. The van der Waals surface area contributed by atoms with Crippen LogP contribution in [0.25, 0.3) is 0 Å². The van der Waals surface area contributed by atoms with Gasteiger partial charge in [-0.25, -0.2) is 0 Å². The lowest BCUT2D eigenvalue weighted by atomic mass is 10.00. The first-order valence-corrected chi connectivity index (χ1v) is 4.50. The maximum Gasteiger partial charge on any atom is 0.0118 e. The van der Waals surface area contributed by atoms with Gasteiger partial charge in [0.05, 0.1) is 0 Å². The van der Waals surface area contributed by atoms with Gasteiger partial charge in [0.2, 0.25) is 0 Å². The van der Waals surface area contributed by atoms with Crippen molar-refractivity contribution in [1.29, 1.82) is 0 Å². The van der Waals surface area contributed by atoms with Crippen LogP contribution in [0.5, 0.6) is 0 Å². The molecule has 0 spiro atoms. The standard InChI is InChI=1S/C9H20N2/c1-8(9(2)4-5-9)11(3)7-6-10/h8H,4-7,10H2,1-3H3/t8-/m0/s1. The number of nitrogens with two attached hydrogens (primary N) is 1. The third kappa shape index (κ3) is 1.94. The van der Waals surface area contributed by atoms with Gasteiger partial charge in [-0.1, -0.05) is 6.92 Å². The molecule has 11 heavy (non-hydrogen) atoms. The maximum absolute atomic E-state index is 5.49. The SMILES string of the molecule is C[C@H](N(C)CCN)C1(C)CC1. The van der Waals surface area contributed by atoms with Crippen molar-refractivity contribution < 1.29 is 0 Å². The Labute approximate surface area is 69.8 Å². The van der Waals surface area contributed by atoms with Crippen LogP contribution in [-0.2, 0) is 0 Å². The van der Waals surface area contributed by atoms with E-state index in [0.717, 1.165) is 13.1 Å². The summed E-state index contributed by atoms with van der Waals surface area (Å²) in [7, 11) is 2.17. The molecule has 0 saturated heterocycles. The molecule has 2 heteroatoms. The minimum Gasteiger partial charge on any atom is -0.329 e. The van der Waals surface area contributed by atoms with Crippen molar-refractivity contribution in [3.8, 4) is 0 Å². The van der Waals surface area contributed by atoms with Crippen LogP contribution in [0.1, 0.15) is 26.7 Å². The highest BCUT2D eigenvalue weighted by molar-refractivity contribution is 4.96. The minimum absolute atomic E-state index is 0.601. The maximum atomic E-state index is 5.49. The van der Waals surface area contributed by atoms with E-state index >= 15 is 0 Å². The molecular formula is C9H20N2. The number of hydrogen-bond acceptors (Lipinski definition) is 2. The molecule has 0 amide bonds. The van der Waals surface area contributed by atoms with Crippen molar-refractivity contribution in [2.45, 2.75) is 32.7 Å². The Kier molecular flexibility index (Phi) is 2.55. The van der Waals surface area contributed by atoms with E-state index in [4.69, 9.17) is 5.73 Å². The fourth-order valence-electron chi connectivity index (χ4n) is 1.54. The lowest BCUT2D eigenvalue weighted by Gasteiger charge is -2.29. The lowest BCUT2D eigenvalue weighted by molar-refractivity contribution is 0.190. The summed E-state index contributed by atoms with van der Waals surface area (Å²) >= 11 is 0. The fraction of sp³-hybridized carbons (Fsp3) is 1.00. The summed E-state index contributed by atoms with van der Waals surface area (Å²) in [4.78, 5) is 2.37. The van der Waals surface area contributed by atoms with Crippen LogP contribution in [0, 0.1) is 5.41 Å². The number of nitrogens with zero attached hydrogens (tertiary/aromatic N) is 1. The van der Waals surface area contributed by atoms with E-state index in [1.54, 1.807) is 0 Å². The molecule has 0 bridgehead atoms. The van der Waals surface area contributed by atoms with Crippen LogP contribution in [0.4, 0.5) is 0 Å². The van der Waals surface area contributed by atoms with Crippen molar-refractivity contribution in [3.05, 3.63) is 0 Å². The average molecular weight is 156 g/mol. The smallest absolute Gasteiger partial charge is 0.0118 e. The van der Waals surface area contributed by atoms with Gasteiger partial charge in [-0.15, -0.1) is 0 Å². The van der Waals surface area contributed by atoms with E-state index in [0.29, 0.717) is 11.5 Å². The molecule has 0 aliphatic heterocycles. The van der Waals surface area contributed by atoms with Crippen molar-refractivity contribution in [2.75, 3.05) is 20.1 Å². The van der Waals surface area contributed by atoms with Gasteiger partial charge in [0.15, 0.2) is 0 Å². The van der Waals surface area contributed by atoms with Gasteiger partial charge in [-0.2, -0.15) is 0 Å². The summed E-state index contributed by atoms with van der Waals surface area (Å²) in [5, 5.41) is 0. The highest BCUT2D eigenvalue weighted by Crippen LogP contribution is 2.49. The summed E-state index contributed by atoms with van der Waals surface area (Å²) in [6, 6.07) is 0.700. The van der Waals surface area contributed by atoms with Crippen LogP contribution in [0.3, 0.4) is 0 Å². The third-order valence-corrected chi connectivity index (χ3v) is 3.19. The highest BCUT2D eigenvalue weighted by Gasteiger charge is 2.43. The predicted molar refractivity (Wildman–Crippen MR) is 48.5 cm³/mol. The molecule has 0 aromatic carbocycles. The van der Waals surface area contributed by atoms with Gasteiger partial charge >= 0.3 is 0 Å². The zero-order valence-corrected chi connectivity index (χ0v) is 7.93. The molecule has 0 radical (unpaired) electrons. The Morgan fingerprint density at radius 1 is 1.55 bits per heavy atom. The fourth-order valence-corrected chi connectivity index (χ4v) is 1.54. The molecule has 2 nitrogen and oxygen atoms in total. The molecule has 1 fully saturated rings. The quantitative estimate of drug-likeness (QED) is 0.659. The van der Waals surface area contributed by atoms with Crippen LogP contribution < -0.4 is 5.73 Å². The zero-order chi connectivity index (χ0) is 8.48. The van der Waals surface area contributed by atoms with E-state index < -0.39 is 0 Å². The number of hydrogen-bond donors (Lipinski definition) is 1. The van der Waals surface area contributed by atoms with Gasteiger partial charge in [-0.3, -0.25) is 0 Å². The van der Waals surface area contributed by atoms with Gasteiger partial charge in [-0.05, 0) is 32.2 Å². The lowest BCUT2D eigenvalue weighted by Crippen LogP contribution is -2.38. The second kappa shape index (κ2) is 3.11. The van der Waals surface area contributed by atoms with Crippen LogP contribution in [0.15, 0.2) is 0 Å². The molecular weight excluding hydrogens is 136 g/mol. The van der Waals surface area contributed by atoms with Crippen molar-refractivity contribution in [3.63, 3.8) is 0 Å². The molecule has 2 N–H and O–H groups in total. The minimum atomic E-state index is 0.601. The van der Waals surface area contributed by atoms with E-state index in [1.165, 1.54) is 12.8 Å². The molecule has 0 unspecified atom stereocenters. The Morgan fingerprint density at radius 3 is 2.45 bits per heavy atom. The second-order valence-electron chi connectivity index (χ2n) is 4.10. The summed E-state index contributed by atoms with van der Waals surface area (Å²) in [6.45, 7) is 6.47. The monoisotopic (exact) mass is 156 g/mol. The van der Waals surface area contributed by atoms with E-state index in [9.17, 15) is 0 Å². The summed E-state index contributed by atoms with van der Waals surface area (Å²) in [6.07, 6.45) is 2.78.